The van der Waals surface area contributed by atoms with E-state index in [1.165, 1.54) is 12.8 Å². The van der Waals surface area contributed by atoms with Crippen LogP contribution in [0.4, 0.5) is 0 Å². The molecule has 1 aliphatic rings. The van der Waals surface area contributed by atoms with Gasteiger partial charge < -0.3 is 5.73 Å². The summed E-state index contributed by atoms with van der Waals surface area (Å²) in [6.07, 6.45) is 4.52. The molecule has 0 bridgehead atoms. The normalized spacial score (nSPS) is 19.9. The van der Waals surface area contributed by atoms with E-state index in [1.807, 2.05) is 18.2 Å². The molecule has 1 saturated carbocycles. The van der Waals surface area contributed by atoms with Crippen molar-refractivity contribution in [2.75, 3.05) is 0 Å². The monoisotopic (exact) mass is 273 g/mol. The third kappa shape index (κ3) is 1.83. The molecule has 0 unspecified atom stereocenters. The number of rotatable bonds is 1. The van der Waals surface area contributed by atoms with Gasteiger partial charge in [-0.05, 0) is 30.5 Å². The van der Waals surface area contributed by atoms with Gasteiger partial charge >= 0.3 is 0 Å². The van der Waals surface area contributed by atoms with E-state index < -0.39 is 0 Å². The molecule has 1 aromatic carbocycles. The highest BCUT2D eigenvalue weighted by molar-refractivity contribution is 9.10. The Morgan fingerprint density at radius 1 is 1.29 bits per heavy atom. The summed E-state index contributed by atoms with van der Waals surface area (Å²) >= 11 is 9.59. The Hall–Kier alpha value is -0.0500. The van der Waals surface area contributed by atoms with Crippen LogP contribution in [0.1, 0.15) is 31.2 Å². The van der Waals surface area contributed by atoms with Gasteiger partial charge in [-0.25, -0.2) is 0 Å². The van der Waals surface area contributed by atoms with Crippen LogP contribution in [0.3, 0.4) is 0 Å². The first-order chi connectivity index (χ1) is 6.62. The molecule has 1 nitrogen and oxygen atoms in total. The van der Waals surface area contributed by atoms with Crippen LogP contribution in [-0.4, -0.2) is 0 Å². The first kappa shape index (κ1) is 10.5. The van der Waals surface area contributed by atoms with Gasteiger partial charge in [0.15, 0.2) is 0 Å². The van der Waals surface area contributed by atoms with E-state index in [2.05, 4.69) is 15.9 Å². The molecule has 3 heteroatoms. The molecule has 0 aromatic heterocycles. The predicted octanol–water partition coefficient (Wildman–Crippen LogP) is 3.83. The second-order valence-electron chi connectivity index (χ2n) is 3.99. The summed E-state index contributed by atoms with van der Waals surface area (Å²) in [4.78, 5) is 0. The molecule has 2 rings (SSSR count). The number of hydrogen-bond acceptors (Lipinski definition) is 1. The molecule has 0 aliphatic heterocycles. The quantitative estimate of drug-likeness (QED) is 0.827. The molecule has 1 aliphatic carbocycles. The average molecular weight is 275 g/mol. The first-order valence-corrected chi connectivity index (χ1v) is 6.03. The van der Waals surface area contributed by atoms with Gasteiger partial charge in [-0.3, -0.25) is 0 Å². The van der Waals surface area contributed by atoms with Gasteiger partial charge in [-0.2, -0.15) is 0 Å². The molecule has 14 heavy (non-hydrogen) atoms. The van der Waals surface area contributed by atoms with E-state index in [0.29, 0.717) is 0 Å². The van der Waals surface area contributed by atoms with Crippen molar-refractivity contribution < 1.29 is 0 Å². The summed E-state index contributed by atoms with van der Waals surface area (Å²) in [5.41, 5.74) is 7.25. The van der Waals surface area contributed by atoms with Gasteiger partial charge in [-0.1, -0.05) is 46.4 Å². The highest BCUT2D eigenvalue weighted by Gasteiger charge is 2.32. The lowest BCUT2D eigenvalue weighted by Gasteiger charge is -2.25. The van der Waals surface area contributed by atoms with E-state index in [4.69, 9.17) is 17.3 Å². The van der Waals surface area contributed by atoms with Crippen molar-refractivity contribution in [2.24, 2.45) is 5.73 Å². The predicted molar refractivity (Wildman–Crippen MR) is 63.5 cm³/mol. The third-order valence-corrected chi connectivity index (χ3v) is 3.77. The summed E-state index contributed by atoms with van der Waals surface area (Å²) < 4.78 is 1.01. The van der Waals surface area contributed by atoms with E-state index in [0.717, 1.165) is 27.9 Å². The number of halogens is 2. The van der Waals surface area contributed by atoms with Crippen LogP contribution in [-0.2, 0) is 5.54 Å². The Bertz CT molecular complexity index is 345. The van der Waals surface area contributed by atoms with Crippen LogP contribution in [0, 0.1) is 0 Å². The fourth-order valence-corrected chi connectivity index (χ4v) is 3.03. The average Bonchev–Trinajstić information content (AvgIpc) is 2.52. The molecule has 2 N–H and O–H groups in total. The molecular weight excluding hydrogens is 261 g/mol. The maximum Gasteiger partial charge on any atom is 0.0467 e. The van der Waals surface area contributed by atoms with Crippen molar-refractivity contribution in [1.82, 2.24) is 0 Å². The summed E-state index contributed by atoms with van der Waals surface area (Å²) in [6, 6.07) is 5.97. The lowest BCUT2D eigenvalue weighted by Crippen LogP contribution is -2.33. The minimum atomic E-state index is -0.183. The van der Waals surface area contributed by atoms with Gasteiger partial charge in [0.2, 0.25) is 0 Å². The standard InChI is InChI=1S/C11H13BrClN/c12-8-3-4-9(10(13)7-8)11(14)5-1-2-6-11/h3-4,7H,1-2,5-6,14H2. The maximum absolute atomic E-state index is 6.33. The van der Waals surface area contributed by atoms with Crippen LogP contribution in [0.25, 0.3) is 0 Å². The van der Waals surface area contributed by atoms with Gasteiger partial charge in [-0.15, -0.1) is 0 Å². The highest BCUT2D eigenvalue weighted by Crippen LogP contribution is 2.40. The Morgan fingerprint density at radius 3 is 2.50 bits per heavy atom. The molecule has 0 spiro atoms. The van der Waals surface area contributed by atoms with Crippen molar-refractivity contribution in [3.63, 3.8) is 0 Å². The van der Waals surface area contributed by atoms with Crippen LogP contribution in [0.15, 0.2) is 22.7 Å². The molecule has 0 amide bonds. The maximum atomic E-state index is 6.33. The summed E-state index contributed by atoms with van der Waals surface area (Å²) in [5, 5.41) is 0.781. The van der Waals surface area contributed by atoms with E-state index in [-0.39, 0.29) is 5.54 Å². The van der Waals surface area contributed by atoms with Gasteiger partial charge in [0.05, 0.1) is 0 Å². The van der Waals surface area contributed by atoms with Crippen molar-refractivity contribution in [1.29, 1.82) is 0 Å². The lowest BCUT2D eigenvalue weighted by molar-refractivity contribution is 0.462. The van der Waals surface area contributed by atoms with Crippen molar-refractivity contribution in [2.45, 2.75) is 31.2 Å². The van der Waals surface area contributed by atoms with Crippen LogP contribution >= 0.6 is 27.5 Å². The lowest BCUT2D eigenvalue weighted by atomic mass is 9.89. The number of nitrogens with two attached hydrogens (primary N) is 1. The largest absolute Gasteiger partial charge is 0.321 e. The molecule has 1 fully saturated rings. The van der Waals surface area contributed by atoms with Crippen LogP contribution < -0.4 is 5.73 Å². The molecule has 76 valence electrons. The van der Waals surface area contributed by atoms with E-state index >= 15 is 0 Å². The third-order valence-electron chi connectivity index (χ3n) is 2.96. The zero-order valence-electron chi connectivity index (χ0n) is 7.89. The smallest absolute Gasteiger partial charge is 0.0467 e. The molecule has 0 heterocycles. The van der Waals surface area contributed by atoms with Gasteiger partial charge in [0.1, 0.15) is 0 Å². The molecule has 0 atom stereocenters. The van der Waals surface area contributed by atoms with E-state index in [9.17, 15) is 0 Å². The van der Waals surface area contributed by atoms with Crippen LogP contribution in [0.2, 0.25) is 5.02 Å². The minimum Gasteiger partial charge on any atom is -0.321 e. The molecule has 0 saturated heterocycles. The Morgan fingerprint density at radius 2 is 1.93 bits per heavy atom. The second-order valence-corrected chi connectivity index (χ2v) is 5.31. The molecular formula is C11H13BrClN. The minimum absolute atomic E-state index is 0.183. The Balaban J connectivity index is 2.40. The summed E-state index contributed by atoms with van der Waals surface area (Å²) in [6.45, 7) is 0. The Labute approximate surface area is 97.8 Å². The number of benzene rings is 1. The zero-order valence-corrected chi connectivity index (χ0v) is 10.2. The second kappa shape index (κ2) is 3.84. The summed E-state index contributed by atoms with van der Waals surface area (Å²) in [5.74, 6) is 0. The van der Waals surface area contributed by atoms with Crippen molar-refractivity contribution in [3.8, 4) is 0 Å². The Kier molecular flexibility index (Phi) is 2.87. The molecule has 0 radical (unpaired) electrons. The fourth-order valence-electron chi connectivity index (χ4n) is 2.17. The SMILES string of the molecule is NC1(c2ccc(Br)cc2Cl)CCCC1. The molecule has 1 aromatic rings. The van der Waals surface area contributed by atoms with Crippen molar-refractivity contribution in [3.05, 3.63) is 33.3 Å². The zero-order chi connectivity index (χ0) is 10.2. The van der Waals surface area contributed by atoms with Crippen LogP contribution in [0.5, 0.6) is 0 Å². The van der Waals surface area contributed by atoms with Crippen molar-refractivity contribution >= 4 is 27.5 Å². The van der Waals surface area contributed by atoms with E-state index in [1.54, 1.807) is 0 Å². The highest BCUT2D eigenvalue weighted by atomic mass is 79.9. The summed E-state index contributed by atoms with van der Waals surface area (Å²) in [7, 11) is 0. The van der Waals surface area contributed by atoms with Gasteiger partial charge in [0, 0.05) is 15.0 Å². The fraction of sp³-hybridized carbons (Fsp3) is 0.455. The number of hydrogen-bond donors (Lipinski definition) is 1. The van der Waals surface area contributed by atoms with Gasteiger partial charge in [0.25, 0.3) is 0 Å². The topological polar surface area (TPSA) is 26.0 Å². The first-order valence-electron chi connectivity index (χ1n) is 4.86.